The summed E-state index contributed by atoms with van der Waals surface area (Å²) in [5.41, 5.74) is 1.58. The monoisotopic (exact) mass is 583 g/mol. The topological polar surface area (TPSA) is 27.7 Å². The van der Waals surface area contributed by atoms with Crippen LogP contribution in [0.3, 0.4) is 0 Å². The maximum atomic E-state index is 9.80. The minimum absolute atomic E-state index is 0.0693. The van der Waals surface area contributed by atoms with Crippen molar-refractivity contribution in [1.29, 1.82) is 0 Å². The Kier molecular flexibility index (Phi) is 2.68. The highest BCUT2D eigenvalue weighted by molar-refractivity contribution is 7.98. The first-order valence-corrected chi connectivity index (χ1v) is 14.4. The van der Waals surface area contributed by atoms with Crippen LogP contribution in [-0.2, 0) is 5.75 Å². The predicted molar refractivity (Wildman–Crippen MR) is 179 cm³/mol. The zero-order chi connectivity index (χ0) is 41.1. The highest BCUT2D eigenvalue weighted by Gasteiger charge is 2.22. The van der Waals surface area contributed by atoms with Gasteiger partial charge >= 0.3 is 0 Å². The molecule has 5 heteroatoms. The normalized spacial score (nSPS) is 17.8. The van der Waals surface area contributed by atoms with Crippen molar-refractivity contribution in [2.75, 3.05) is 0 Å². The Morgan fingerprint density at radius 2 is 1.21 bits per heavy atom. The van der Waals surface area contributed by atoms with Gasteiger partial charge in [0.05, 0.1) is 65.1 Å². The Bertz CT molecular complexity index is 3350. The van der Waals surface area contributed by atoms with Crippen LogP contribution in [0.15, 0.2) is 138 Å². The quantitative estimate of drug-likeness (QED) is 0.203. The second kappa shape index (κ2) is 8.63. The largest absolute Gasteiger partial charge is 0.309 e. The molecule has 43 heavy (non-hydrogen) atoms. The van der Waals surface area contributed by atoms with E-state index >= 15 is 0 Å². The van der Waals surface area contributed by atoms with Crippen molar-refractivity contribution in [2.24, 2.45) is 0 Å². The number of fused-ring (bicyclic) bond motifs is 11. The average molecular weight is 584 g/mol. The zero-order valence-electron chi connectivity index (χ0n) is 36.9. The van der Waals surface area contributed by atoms with Crippen molar-refractivity contribution in [3.05, 3.63) is 139 Å². The number of hydrogen-bond acceptors (Lipinski definition) is 2. The fourth-order valence-corrected chi connectivity index (χ4v) is 7.03. The maximum Gasteiger partial charge on any atom is 0.124 e. The van der Waals surface area contributed by atoms with E-state index in [2.05, 4.69) is 0 Å². The molecule has 0 saturated carbocycles. The molecule has 0 aliphatic carbocycles. The van der Waals surface area contributed by atoms with Crippen LogP contribution in [0.1, 0.15) is 26.4 Å². The second-order valence-corrected chi connectivity index (χ2v) is 11.1. The number of imidazole rings is 1. The number of nitrogens with zero attached hydrogens (tertiary/aromatic N) is 4. The van der Waals surface area contributed by atoms with Gasteiger partial charge in [0.1, 0.15) is 5.82 Å². The number of aromatic nitrogens is 4. The predicted octanol–water partition coefficient (Wildman–Crippen LogP) is 9.83. The number of benzene rings is 6. The van der Waals surface area contributed by atoms with Crippen LogP contribution in [0.4, 0.5) is 0 Å². The number of rotatable bonds is 2. The molecule has 4 nitrogen and oxygen atoms in total. The molecule has 1 aliphatic rings. The van der Waals surface area contributed by atoms with E-state index < -0.39 is 96.3 Å². The third-order valence-electron chi connectivity index (χ3n) is 7.83. The first-order valence-electron chi connectivity index (χ1n) is 20.9. The smallest absolute Gasteiger partial charge is 0.124 e. The first kappa shape index (κ1) is 13.4. The van der Waals surface area contributed by atoms with Crippen LogP contribution in [0.2, 0.25) is 0 Å². The van der Waals surface area contributed by atoms with Crippen LogP contribution in [0.25, 0.3) is 71.7 Å². The molecule has 0 unspecified atom stereocenters. The molecule has 10 rings (SSSR count). The summed E-state index contributed by atoms with van der Waals surface area (Å²) >= 11 is 1.51. The molecule has 1 aliphatic heterocycles. The van der Waals surface area contributed by atoms with Crippen molar-refractivity contribution in [3.8, 4) is 17.1 Å². The number of para-hydroxylation sites is 5. The van der Waals surface area contributed by atoms with E-state index in [0.29, 0.717) is 11.4 Å². The minimum atomic E-state index is -0.700. The summed E-state index contributed by atoms with van der Waals surface area (Å²) in [7, 11) is 0. The molecule has 0 spiro atoms. The van der Waals surface area contributed by atoms with Crippen LogP contribution in [-0.4, -0.2) is 18.7 Å². The molecular weight excluding hydrogens is 545 g/mol. The molecule has 4 heterocycles. The summed E-state index contributed by atoms with van der Waals surface area (Å²) in [6.45, 7) is 0. The van der Waals surface area contributed by atoms with Crippen molar-refractivity contribution in [3.63, 3.8) is 0 Å². The first-order chi connectivity index (χ1) is 27.6. The summed E-state index contributed by atoms with van der Waals surface area (Å²) in [6, 6.07) is 3.91. The highest BCUT2D eigenvalue weighted by atomic mass is 32.2. The molecule has 3 aromatic heterocycles. The summed E-state index contributed by atoms with van der Waals surface area (Å²) in [6.07, 6.45) is 0. The van der Waals surface area contributed by atoms with Crippen molar-refractivity contribution in [1.82, 2.24) is 18.7 Å². The molecule has 0 amide bonds. The van der Waals surface area contributed by atoms with E-state index in [1.165, 1.54) is 16.3 Å². The lowest BCUT2D eigenvalue weighted by atomic mass is 10.1. The lowest BCUT2D eigenvalue weighted by molar-refractivity contribution is 0.941. The Labute approximate surface area is 272 Å². The van der Waals surface area contributed by atoms with Crippen LogP contribution in [0, 0.1) is 0 Å². The Balaban J connectivity index is 1.38. The third-order valence-corrected chi connectivity index (χ3v) is 8.87. The van der Waals surface area contributed by atoms with Gasteiger partial charge in [0.15, 0.2) is 0 Å². The summed E-state index contributed by atoms with van der Waals surface area (Å²) in [4.78, 5) is 5.59. The molecule has 6 aromatic carbocycles. The Hall–Kier alpha value is -5.26. The number of hydrogen-bond donors (Lipinski definition) is 0. The van der Waals surface area contributed by atoms with Crippen molar-refractivity contribution < 1.29 is 20.6 Å². The highest BCUT2D eigenvalue weighted by Crippen LogP contribution is 2.41. The molecule has 0 saturated heterocycles. The summed E-state index contributed by atoms with van der Waals surface area (Å²) in [5.74, 6) is 1.37. The average Bonchev–Trinajstić information content (AvgIpc) is 3.90. The van der Waals surface area contributed by atoms with Gasteiger partial charge in [-0.25, -0.2) is 4.98 Å². The lowest BCUT2D eigenvalue weighted by Gasteiger charge is -2.20. The van der Waals surface area contributed by atoms with Crippen molar-refractivity contribution in [2.45, 2.75) is 10.6 Å². The molecule has 0 radical (unpaired) electrons. The number of thioether (sulfide) groups is 1. The van der Waals surface area contributed by atoms with E-state index in [1.807, 2.05) is 41.0 Å². The van der Waals surface area contributed by atoms with Gasteiger partial charge in [-0.1, -0.05) is 66.5 Å². The summed E-state index contributed by atoms with van der Waals surface area (Å²) in [5, 5.41) is -0.854. The maximum absolute atomic E-state index is 9.80. The van der Waals surface area contributed by atoms with E-state index in [-0.39, 0.29) is 43.6 Å². The second-order valence-electron chi connectivity index (χ2n) is 10.1. The van der Waals surface area contributed by atoms with Gasteiger partial charge in [-0.3, -0.25) is 4.57 Å². The van der Waals surface area contributed by atoms with E-state index in [9.17, 15) is 4.11 Å². The third kappa shape index (κ3) is 3.20. The molecule has 0 bridgehead atoms. The van der Waals surface area contributed by atoms with Gasteiger partial charge in [-0.05, 0) is 66.6 Å². The van der Waals surface area contributed by atoms with Gasteiger partial charge in [0, 0.05) is 37.8 Å². The fraction of sp³-hybridized carbons (Fsp3) is 0.0263. The fourth-order valence-electron chi connectivity index (χ4n) is 6.05. The standard InChI is InChI=1S/C38H24N4S/c1-5-13-31-26(9-1)27-10-2-6-14-32(27)40(31)24-17-19-34-29(21-24)28-11-3-7-15-33(28)41(34)25-18-20-36-37(22-25)43-23-38-39-30-12-4-8-16-35(30)42(36)38/h1-22H,23H2/i1D,2D,3D,5D,6D,7D,9D,10D,11D,13D,14D,15D,17D,19D,21D. The molecule has 0 fully saturated rings. The van der Waals surface area contributed by atoms with Crippen LogP contribution >= 0.6 is 11.8 Å². The van der Waals surface area contributed by atoms with Gasteiger partial charge < -0.3 is 9.13 Å². The molecule has 9 aromatic rings. The molecular formula is C38H24N4S. The SMILES string of the molecule is [2H]c1c([2H])c([2H])c2c(c1[2H])c1c([2H])c(-n3c4c([2H])c([2H])c([2H])c([2H])c4c4c([2H])c([2H])c([2H])c([2H])c43)c([2H])c([2H])c1n2-c1ccc2c(c1)SCc1nc3ccccc3n1-2. The Morgan fingerprint density at radius 1 is 0.581 bits per heavy atom. The molecule has 202 valence electrons. The van der Waals surface area contributed by atoms with E-state index in [4.69, 9.17) is 21.4 Å². The van der Waals surface area contributed by atoms with Crippen LogP contribution in [0.5, 0.6) is 0 Å². The minimum Gasteiger partial charge on any atom is -0.309 e. The van der Waals surface area contributed by atoms with E-state index in [1.54, 1.807) is 6.07 Å². The Morgan fingerprint density at radius 3 is 1.95 bits per heavy atom. The van der Waals surface area contributed by atoms with Gasteiger partial charge in [0.25, 0.3) is 0 Å². The van der Waals surface area contributed by atoms with Crippen LogP contribution < -0.4 is 0 Å². The summed E-state index contributed by atoms with van der Waals surface area (Å²) < 4.78 is 138. The molecule has 0 atom stereocenters. The molecule has 0 N–H and O–H groups in total. The van der Waals surface area contributed by atoms with E-state index in [0.717, 1.165) is 32.0 Å². The van der Waals surface area contributed by atoms with Gasteiger partial charge in [0.2, 0.25) is 0 Å². The van der Waals surface area contributed by atoms with Crippen molar-refractivity contribution >= 4 is 66.4 Å². The zero-order valence-corrected chi connectivity index (χ0v) is 22.8. The van der Waals surface area contributed by atoms with Gasteiger partial charge in [-0.15, -0.1) is 11.8 Å². The lowest BCUT2D eigenvalue weighted by Crippen LogP contribution is -2.07. The van der Waals surface area contributed by atoms with Gasteiger partial charge in [-0.2, -0.15) is 0 Å².